The number of hydrogen-bond acceptors (Lipinski definition) is 0. The number of allylic oxidation sites excluding steroid dienone is 2. The van der Waals surface area contributed by atoms with Crippen LogP contribution in [-0.2, 0) is 32.7 Å². The van der Waals surface area contributed by atoms with Crippen molar-refractivity contribution < 1.29 is 63.8 Å². The quantitative estimate of drug-likeness (QED) is 0.536. The molecule has 0 N–H and O–H groups in total. The Kier molecular flexibility index (Phi) is 10.7. The minimum atomic E-state index is 0. The van der Waals surface area contributed by atoms with E-state index in [1.165, 1.54) is 0 Å². The van der Waals surface area contributed by atoms with Crippen molar-refractivity contribution >= 4 is 0 Å². The second-order valence-corrected chi connectivity index (χ2v) is 1.63. The molecule has 0 fully saturated rings. The standard InChI is InChI=1S/C6H8.U.Y/c1-6-4-2-3-5-6;;/h2-6H,1H3;;/q-2;;. The van der Waals surface area contributed by atoms with Crippen LogP contribution >= 0.6 is 0 Å². The molecule has 0 nitrogen and oxygen atoms in total. The molecule has 0 aliphatic heterocycles. The van der Waals surface area contributed by atoms with Gasteiger partial charge in [-0.3, -0.25) is 12.2 Å². The van der Waals surface area contributed by atoms with Gasteiger partial charge in [0.1, 0.15) is 0 Å². The van der Waals surface area contributed by atoms with E-state index in [1.54, 1.807) is 0 Å². The van der Waals surface area contributed by atoms with Gasteiger partial charge in [-0.1, -0.05) is 0 Å². The van der Waals surface area contributed by atoms with Gasteiger partial charge in [-0.25, -0.2) is 5.92 Å². The van der Waals surface area contributed by atoms with Gasteiger partial charge >= 0.3 is 0 Å². The van der Waals surface area contributed by atoms with E-state index >= 15 is 0 Å². The van der Waals surface area contributed by atoms with Crippen molar-refractivity contribution in [1.82, 2.24) is 0 Å². The SMILES string of the molecule is CC1C=C[CH-][CH-]1.[U].[Y]. The first-order valence-corrected chi connectivity index (χ1v) is 2.24. The molecule has 0 aromatic rings. The van der Waals surface area contributed by atoms with Gasteiger partial charge in [-0.15, -0.1) is 6.92 Å². The van der Waals surface area contributed by atoms with Gasteiger partial charge in [0.15, 0.2) is 0 Å². The molecule has 0 saturated heterocycles. The van der Waals surface area contributed by atoms with Gasteiger partial charge in [0.2, 0.25) is 0 Å². The second kappa shape index (κ2) is 6.88. The van der Waals surface area contributed by atoms with Crippen LogP contribution in [0.2, 0.25) is 0 Å². The predicted molar refractivity (Wildman–Crippen MR) is 26.9 cm³/mol. The van der Waals surface area contributed by atoms with Crippen molar-refractivity contribution in [3.8, 4) is 0 Å². The molecule has 0 aromatic carbocycles. The summed E-state index contributed by atoms with van der Waals surface area (Å²) >= 11 is 0. The molecule has 1 unspecified atom stereocenters. The Morgan fingerprint density at radius 3 is 2.25 bits per heavy atom. The maximum absolute atomic E-state index is 2.17. The molecule has 1 aliphatic rings. The van der Waals surface area contributed by atoms with Crippen molar-refractivity contribution in [3.63, 3.8) is 0 Å². The van der Waals surface area contributed by atoms with Crippen molar-refractivity contribution in [2.24, 2.45) is 5.92 Å². The molecule has 8 heavy (non-hydrogen) atoms. The van der Waals surface area contributed by atoms with E-state index in [2.05, 4.69) is 31.9 Å². The molecule has 0 saturated carbocycles. The Hall–Kier alpha value is 1.77. The summed E-state index contributed by atoms with van der Waals surface area (Å²) in [4.78, 5) is 0. The van der Waals surface area contributed by atoms with Gasteiger partial charge < -0.3 is 12.8 Å². The van der Waals surface area contributed by atoms with Crippen molar-refractivity contribution in [1.29, 1.82) is 0 Å². The molecule has 1 aliphatic carbocycles. The summed E-state index contributed by atoms with van der Waals surface area (Å²) in [6.45, 7) is 2.17. The predicted octanol–water partition coefficient (Wildman–Crippen LogP) is 1.60. The molecule has 1 rings (SSSR count). The average molecular weight is 407 g/mol. The maximum atomic E-state index is 2.17. The van der Waals surface area contributed by atoms with Crippen molar-refractivity contribution in [2.75, 3.05) is 0 Å². The second-order valence-electron chi connectivity index (χ2n) is 1.63. The third kappa shape index (κ3) is 4.63. The topological polar surface area (TPSA) is 0 Å². The summed E-state index contributed by atoms with van der Waals surface area (Å²) in [5.41, 5.74) is 0. The number of hydrogen-bond donors (Lipinski definition) is 0. The Balaban J connectivity index is 0. The van der Waals surface area contributed by atoms with Gasteiger partial charge in [0, 0.05) is 63.8 Å². The molecule has 0 heterocycles. The van der Waals surface area contributed by atoms with Crippen LogP contribution in [-0.4, -0.2) is 0 Å². The van der Waals surface area contributed by atoms with E-state index in [0.29, 0.717) is 5.92 Å². The largest absolute Gasteiger partial charge is 0.407 e. The fourth-order valence-electron chi connectivity index (χ4n) is 0.543. The average Bonchev–Trinajstić information content (AvgIpc) is 1.86. The Labute approximate surface area is 100 Å². The number of rotatable bonds is 0. The smallest absolute Gasteiger partial charge is 0 e. The van der Waals surface area contributed by atoms with E-state index in [4.69, 9.17) is 0 Å². The van der Waals surface area contributed by atoms with E-state index in [0.717, 1.165) is 0 Å². The summed E-state index contributed by atoms with van der Waals surface area (Å²) in [5, 5.41) is 0. The minimum Gasteiger partial charge on any atom is -0.407 e. The fourth-order valence-corrected chi connectivity index (χ4v) is 0.543. The van der Waals surface area contributed by atoms with Gasteiger partial charge in [-0.2, -0.15) is 0 Å². The molecule has 0 spiro atoms. The molecule has 41 valence electrons. The van der Waals surface area contributed by atoms with Crippen LogP contribution in [0.3, 0.4) is 0 Å². The van der Waals surface area contributed by atoms with Crippen LogP contribution in [0.5, 0.6) is 0 Å². The molecule has 1 radical (unpaired) electrons. The Bertz CT molecular complexity index is 70.9. The summed E-state index contributed by atoms with van der Waals surface area (Å²) in [7, 11) is 0. The van der Waals surface area contributed by atoms with Gasteiger partial charge in [0.25, 0.3) is 0 Å². The summed E-state index contributed by atoms with van der Waals surface area (Å²) < 4.78 is 0. The van der Waals surface area contributed by atoms with E-state index in [-0.39, 0.29) is 63.8 Å². The zero-order valence-corrected chi connectivity index (χ0v) is 12.0. The van der Waals surface area contributed by atoms with Crippen LogP contribution in [0, 0.1) is 49.9 Å². The summed E-state index contributed by atoms with van der Waals surface area (Å²) in [6.07, 6.45) is 8.48. The third-order valence-corrected chi connectivity index (χ3v) is 0.940. The summed E-state index contributed by atoms with van der Waals surface area (Å²) in [5.74, 6) is 0.685. The van der Waals surface area contributed by atoms with E-state index in [9.17, 15) is 0 Å². The molecular weight excluding hydrogens is 399 g/mol. The first kappa shape index (κ1) is 12.4. The zero-order chi connectivity index (χ0) is 4.41. The van der Waals surface area contributed by atoms with Crippen LogP contribution in [0.1, 0.15) is 6.92 Å². The van der Waals surface area contributed by atoms with E-state index in [1.807, 2.05) is 0 Å². The third-order valence-electron chi connectivity index (χ3n) is 0.940. The van der Waals surface area contributed by atoms with Crippen molar-refractivity contribution in [3.05, 3.63) is 25.0 Å². The fraction of sp³-hybridized carbons (Fsp3) is 0.333. The molecular formula is C6H8UY-2. The first-order valence-electron chi connectivity index (χ1n) is 2.24. The van der Waals surface area contributed by atoms with E-state index < -0.39 is 0 Å². The summed E-state index contributed by atoms with van der Waals surface area (Å²) in [6, 6.07) is 0. The van der Waals surface area contributed by atoms with Crippen LogP contribution in [0.4, 0.5) is 0 Å². The monoisotopic (exact) mass is 407 g/mol. The molecule has 1 atom stereocenters. The maximum Gasteiger partial charge on any atom is 0 e. The van der Waals surface area contributed by atoms with Gasteiger partial charge in [0.05, 0.1) is 0 Å². The molecule has 0 bridgehead atoms. The molecule has 0 amide bonds. The zero-order valence-electron chi connectivity index (χ0n) is 4.96. The van der Waals surface area contributed by atoms with Gasteiger partial charge in [-0.05, 0) is 0 Å². The Morgan fingerprint density at radius 2 is 2.12 bits per heavy atom. The minimum absolute atomic E-state index is 0. The molecule has 2 heteroatoms. The van der Waals surface area contributed by atoms with Crippen LogP contribution in [0.15, 0.2) is 12.2 Å². The Morgan fingerprint density at radius 1 is 1.50 bits per heavy atom. The molecule has 0 aromatic heterocycles. The van der Waals surface area contributed by atoms with Crippen LogP contribution in [0.25, 0.3) is 0 Å². The first-order chi connectivity index (χ1) is 2.89. The van der Waals surface area contributed by atoms with Crippen LogP contribution < -0.4 is 0 Å². The normalized spacial score (nSPS) is 22.9. The van der Waals surface area contributed by atoms with Crippen molar-refractivity contribution in [2.45, 2.75) is 6.92 Å².